The van der Waals surface area contributed by atoms with Crippen molar-refractivity contribution in [2.45, 2.75) is 25.9 Å². The van der Waals surface area contributed by atoms with E-state index in [-0.39, 0.29) is 11.9 Å². The van der Waals surface area contributed by atoms with Crippen LogP contribution in [-0.2, 0) is 16.0 Å². The first-order valence-electron chi connectivity index (χ1n) is 5.68. The molecule has 0 spiro atoms. The van der Waals surface area contributed by atoms with Gasteiger partial charge in [0.05, 0.1) is 12.9 Å². The predicted molar refractivity (Wildman–Crippen MR) is 65.0 cm³/mol. The largest absolute Gasteiger partial charge is 0.497 e. The lowest BCUT2D eigenvalue weighted by Gasteiger charge is -2.22. The SMILES string of the molecule is COc1ccc(C[C@H]2CC(=O)C=C(C)O2)cc1. The van der Waals surface area contributed by atoms with Gasteiger partial charge in [-0.3, -0.25) is 4.79 Å². The minimum Gasteiger partial charge on any atom is -0.497 e. The molecule has 0 aromatic heterocycles. The van der Waals surface area contributed by atoms with Crippen molar-refractivity contribution in [1.82, 2.24) is 0 Å². The van der Waals surface area contributed by atoms with Crippen LogP contribution >= 0.6 is 0 Å². The van der Waals surface area contributed by atoms with Crippen molar-refractivity contribution < 1.29 is 14.3 Å². The van der Waals surface area contributed by atoms with Crippen molar-refractivity contribution in [2.24, 2.45) is 0 Å². The molecule has 17 heavy (non-hydrogen) atoms. The van der Waals surface area contributed by atoms with Crippen molar-refractivity contribution in [1.29, 1.82) is 0 Å². The first-order valence-corrected chi connectivity index (χ1v) is 5.68. The maximum atomic E-state index is 11.4. The molecule has 1 atom stereocenters. The second-order valence-corrected chi connectivity index (χ2v) is 4.22. The molecule has 0 N–H and O–H groups in total. The molecular weight excluding hydrogens is 216 g/mol. The van der Waals surface area contributed by atoms with Crippen LogP contribution in [0.3, 0.4) is 0 Å². The van der Waals surface area contributed by atoms with E-state index in [4.69, 9.17) is 9.47 Å². The van der Waals surface area contributed by atoms with Crippen LogP contribution in [0, 0.1) is 0 Å². The van der Waals surface area contributed by atoms with Gasteiger partial charge in [-0.05, 0) is 24.6 Å². The molecule has 2 rings (SSSR count). The Hall–Kier alpha value is -1.77. The van der Waals surface area contributed by atoms with Crippen LogP contribution in [0.2, 0.25) is 0 Å². The molecule has 0 bridgehead atoms. The van der Waals surface area contributed by atoms with E-state index in [1.54, 1.807) is 13.2 Å². The molecule has 0 saturated carbocycles. The van der Waals surface area contributed by atoms with Crippen molar-refractivity contribution in [3.05, 3.63) is 41.7 Å². The summed E-state index contributed by atoms with van der Waals surface area (Å²) in [4.78, 5) is 11.4. The quantitative estimate of drug-likeness (QED) is 0.803. The number of rotatable bonds is 3. The van der Waals surface area contributed by atoms with Crippen LogP contribution in [0.4, 0.5) is 0 Å². The van der Waals surface area contributed by atoms with E-state index in [2.05, 4.69) is 0 Å². The van der Waals surface area contributed by atoms with Crippen molar-refractivity contribution in [3.63, 3.8) is 0 Å². The van der Waals surface area contributed by atoms with Crippen LogP contribution in [0.15, 0.2) is 36.1 Å². The normalized spacial score (nSPS) is 19.5. The topological polar surface area (TPSA) is 35.5 Å². The van der Waals surface area contributed by atoms with Gasteiger partial charge in [-0.25, -0.2) is 0 Å². The van der Waals surface area contributed by atoms with E-state index in [1.807, 2.05) is 31.2 Å². The molecule has 0 unspecified atom stereocenters. The molecule has 0 radical (unpaired) electrons. The number of methoxy groups -OCH3 is 1. The molecule has 0 amide bonds. The summed E-state index contributed by atoms with van der Waals surface area (Å²) in [6.45, 7) is 1.82. The lowest BCUT2D eigenvalue weighted by atomic mass is 10.0. The maximum absolute atomic E-state index is 11.4. The minimum absolute atomic E-state index is 0.0408. The van der Waals surface area contributed by atoms with E-state index in [1.165, 1.54) is 0 Å². The molecular formula is C14H16O3. The van der Waals surface area contributed by atoms with Crippen LogP contribution in [0.25, 0.3) is 0 Å². The molecule has 1 aromatic rings. The zero-order valence-electron chi connectivity index (χ0n) is 10.1. The third-order valence-corrected chi connectivity index (χ3v) is 2.77. The van der Waals surface area contributed by atoms with Crippen molar-refractivity contribution in [2.75, 3.05) is 7.11 Å². The third-order valence-electron chi connectivity index (χ3n) is 2.77. The summed E-state index contributed by atoms with van der Waals surface area (Å²) < 4.78 is 10.7. The molecule has 1 heterocycles. The van der Waals surface area contributed by atoms with E-state index >= 15 is 0 Å². The Labute approximate surface area is 101 Å². The van der Waals surface area contributed by atoms with Gasteiger partial charge in [-0.15, -0.1) is 0 Å². The van der Waals surface area contributed by atoms with Gasteiger partial charge in [0.2, 0.25) is 0 Å². The third kappa shape index (κ3) is 3.09. The van der Waals surface area contributed by atoms with Crippen LogP contribution in [0.5, 0.6) is 5.75 Å². The highest BCUT2D eigenvalue weighted by molar-refractivity contribution is 5.91. The zero-order valence-corrected chi connectivity index (χ0v) is 10.1. The molecule has 1 aliphatic heterocycles. The van der Waals surface area contributed by atoms with Crippen LogP contribution in [0.1, 0.15) is 18.9 Å². The fourth-order valence-corrected chi connectivity index (χ4v) is 1.99. The van der Waals surface area contributed by atoms with E-state index in [0.29, 0.717) is 12.2 Å². The monoisotopic (exact) mass is 232 g/mol. The Bertz CT molecular complexity index is 431. The van der Waals surface area contributed by atoms with Gasteiger partial charge in [0.1, 0.15) is 11.9 Å². The van der Waals surface area contributed by atoms with Gasteiger partial charge >= 0.3 is 0 Å². The van der Waals surface area contributed by atoms with Gasteiger partial charge in [-0.2, -0.15) is 0 Å². The Kier molecular flexibility index (Phi) is 3.47. The standard InChI is InChI=1S/C14H16O3/c1-10-7-12(15)9-14(17-10)8-11-3-5-13(16-2)6-4-11/h3-7,14H,8-9H2,1-2H3/t14-/m0/s1. The summed E-state index contributed by atoms with van der Waals surface area (Å²) >= 11 is 0. The predicted octanol–water partition coefficient (Wildman–Crippen LogP) is 2.50. The van der Waals surface area contributed by atoms with E-state index < -0.39 is 0 Å². The van der Waals surface area contributed by atoms with Gasteiger partial charge in [-0.1, -0.05) is 12.1 Å². The number of ether oxygens (including phenoxy) is 2. The Morgan fingerprint density at radius 2 is 2.06 bits per heavy atom. The zero-order chi connectivity index (χ0) is 12.3. The number of allylic oxidation sites excluding steroid dienone is 2. The Morgan fingerprint density at radius 3 is 2.65 bits per heavy atom. The Morgan fingerprint density at radius 1 is 1.35 bits per heavy atom. The molecule has 90 valence electrons. The lowest BCUT2D eigenvalue weighted by Crippen LogP contribution is -2.23. The van der Waals surface area contributed by atoms with Gasteiger partial charge in [0.25, 0.3) is 0 Å². The smallest absolute Gasteiger partial charge is 0.162 e. The molecule has 0 saturated heterocycles. The highest BCUT2D eigenvalue weighted by Crippen LogP contribution is 2.19. The molecule has 3 nitrogen and oxygen atoms in total. The highest BCUT2D eigenvalue weighted by atomic mass is 16.5. The van der Waals surface area contributed by atoms with Gasteiger partial charge in [0, 0.05) is 18.9 Å². The van der Waals surface area contributed by atoms with Gasteiger partial charge < -0.3 is 9.47 Å². The summed E-state index contributed by atoms with van der Waals surface area (Å²) in [6.07, 6.45) is 2.73. The molecule has 0 fully saturated rings. The molecule has 1 aliphatic rings. The maximum Gasteiger partial charge on any atom is 0.162 e. The van der Waals surface area contributed by atoms with Gasteiger partial charge in [0.15, 0.2) is 5.78 Å². The minimum atomic E-state index is -0.0408. The summed E-state index contributed by atoms with van der Waals surface area (Å²) in [5.74, 6) is 1.69. The number of carbonyl (C=O) groups excluding carboxylic acids is 1. The average Bonchev–Trinajstić information content (AvgIpc) is 2.28. The fraction of sp³-hybridized carbons (Fsp3) is 0.357. The van der Waals surface area contributed by atoms with Crippen molar-refractivity contribution in [3.8, 4) is 5.75 Å². The Balaban J connectivity index is 2.01. The molecule has 1 aromatic carbocycles. The molecule has 3 heteroatoms. The summed E-state index contributed by atoms with van der Waals surface area (Å²) in [7, 11) is 1.64. The number of hydrogen-bond donors (Lipinski definition) is 0. The molecule has 0 aliphatic carbocycles. The van der Waals surface area contributed by atoms with Crippen molar-refractivity contribution >= 4 is 5.78 Å². The van der Waals surface area contributed by atoms with Crippen LogP contribution < -0.4 is 4.74 Å². The number of carbonyl (C=O) groups is 1. The number of benzene rings is 1. The highest BCUT2D eigenvalue weighted by Gasteiger charge is 2.19. The van der Waals surface area contributed by atoms with E-state index in [9.17, 15) is 4.79 Å². The van der Waals surface area contributed by atoms with E-state index in [0.717, 1.165) is 17.7 Å². The fourth-order valence-electron chi connectivity index (χ4n) is 1.99. The first-order chi connectivity index (χ1) is 8.17. The van der Waals surface area contributed by atoms with Crippen LogP contribution in [-0.4, -0.2) is 19.0 Å². The summed E-state index contributed by atoms with van der Waals surface area (Å²) in [6, 6.07) is 7.84. The second-order valence-electron chi connectivity index (χ2n) is 4.22. The first kappa shape index (κ1) is 11.7. The second kappa shape index (κ2) is 5.04. The number of hydrogen-bond acceptors (Lipinski definition) is 3. The lowest BCUT2D eigenvalue weighted by molar-refractivity contribution is -0.118. The number of ketones is 1. The average molecular weight is 232 g/mol. The summed E-state index contributed by atoms with van der Waals surface area (Å²) in [5, 5.41) is 0. The summed E-state index contributed by atoms with van der Waals surface area (Å²) in [5.41, 5.74) is 1.15.